The lowest BCUT2D eigenvalue weighted by Gasteiger charge is -2.24. The Bertz CT molecular complexity index is 579. The molecule has 0 aliphatic carbocycles. The topological polar surface area (TPSA) is 54.4 Å². The minimum Gasteiger partial charge on any atom is -0.481 e. The number of aliphatic carboxylic acids is 1. The van der Waals surface area contributed by atoms with E-state index in [1.165, 1.54) is 0 Å². The van der Waals surface area contributed by atoms with E-state index in [-0.39, 0.29) is 0 Å². The summed E-state index contributed by atoms with van der Waals surface area (Å²) in [5.41, 5.74) is -0.896. The summed E-state index contributed by atoms with van der Waals surface area (Å²) in [6.07, 6.45) is 0.330. The number of hydrogen-bond acceptors (Lipinski definition) is 2. The summed E-state index contributed by atoms with van der Waals surface area (Å²) in [5.74, 6) is -1.01. The van der Waals surface area contributed by atoms with E-state index in [1.54, 1.807) is 55.5 Å². The van der Waals surface area contributed by atoms with Crippen LogP contribution in [0.5, 0.6) is 0 Å². The van der Waals surface area contributed by atoms with Crippen molar-refractivity contribution in [2.45, 2.75) is 19.0 Å². The third-order valence-electron chi connectivity index (χ3n) is 3.39. The molecule has 1 N–H and O–H groups in total. The fourth-order valence-electron chi connectivity index (χ4n) is 2.40. The van der Waals surface area contributed by atoms with Gasteiger partial charge in [0, 0.05) is 10.6 Å². The van der Waals surface area contributed by atoms with Crippen molar-refractivity contribution in [1.82, 2.24) is 0 Å². The summed E-state index contributed by atoms with van der Waals surface area (Å²) in [5, 5.41) is 10.7. The number of hydrogen-bond donors (Lipinski definition) is 1. The Labute approximate surface area is 118 Å². The number of carboxylic acids is 1. The van der Waals surface area contributed by atoms with Crippen LogP contribution < -0.4 is 10.6 Å². The van der Waals surface area contributed by atoms with Gasteiger partial charge in [-0.15, -0.1) is 0 Å². The largest absolute Gasteiger partial charge is 0.481 e. The molecule has 0 radical (unpaired) electrons. The fraction of sp³-hybridized carbons (Fsp3) is 0.188. The molecule has 1 atom stereocenters. The monoisotopic (exact) mass is 288 g/mol. The molecule has 3 nitrogen and oxygen atoms in total. The lowest BCUT2D eigenvalue weighted by Crippen LogP contribution is -2.31. The van der Waals surface area contributed by atoms with Crippen molar-refractivity contribution < 1.29 is 14.5 Å². The molecule has 4 heteroatoms. The van der Waals surface area contributed by atoms with Gasteiger partial charge in [-0.2, -0.15) is 0 Å². The normalized spacial score (nSPS) is 12.8. The minimum atomic E-state index is -3.19. The molecule has 0 saturated heterocycles. The fourth-order valence-corrected chi connectivity index (χ4v) is 5.47. The molecule has 0 unspecified atom stereocenters. The van der Waals surface area contributed by atoms with Gasteiger partial charge < -0.3 is 9.67 Å². The number of carbonyl (C=O) groups is 1. The Morgan fingerprint density at radius 2 is 1.40 bits per heavy atom. The third-order valence-corrected chi connectivity index (χ3v) is 6.98. The zero-order valence-electron chi connectivity index (χ0n) is 11.3. The van der Waals surface area contributed by atoms with Gasteiger partial charge in [-0.3, -0.25) is 4.79 Å². The second kappa shape index (κ2) is 6.06. The molecule has 104 valence electrons. The van der Waals surface area contributed by atoms with Gasteiger partial charge in [0.15, 0.2) is 7.14 Å². The lowest BCUT2D eigenvalue weighted by atomic mass is 10.3. The van der Waals surface area contributed by atoms with Crippen LogP contribution in [0.4, 0.5) is 0 Å². The third kappa shape index (κ3) is 2.54. The molecule has 2 aromatic rings. The molecule has 0 fully saturated rings. The van der Waals surface area contributed by atoms with Crippen molar-refractivity contribution in [3.8, 4) is 0 Å². The Hall–Kier alpha value is -1.86. The molecule has 0 spiro atoms. The SMILES string of the molecule is CC[C@@H](C(=O)O)P(=O)(c1ccccc1)c1ccccc1. The zero-order valence-corrected chi connectivity index (χ0v) is 12.2. The van der Waals surface area contributed by atoms with Gasteiger partial charge in [0.1, 0.15) is 5.66 Å². The van der Waals surface area contributed by atoms with E-state index < -0.39 is 18.8 Å². The maximum absolute atomic E-state index is 13.6. The zero-order chi connectivity index (χ0) is 14.6. The number of benzene rings is 2. The first-order valence-corrected chi connectivity index (χ1v) is 8.32. The predicted octanol–water partition coefficient (Wildman–Crippen LogP) is 2.86. The van der Waals surface area contributed by atoms with Crippen molar-refractivity contribution in [2.75, 3.05) is 0 Å². The van der Waals surface area contributed by atoms with Crippen LogP contribution in [0.1, 0.15) is 13.3 Å². The first kappa shape index (κ1) is 14.5. The average molecular weight is 288 g/mol. The van der Waals surface area contributed by atoms with Crippen LogP contribution in [0, 0.1) is 0 Å². The minimum absolute atomic E-state index is 0.330. The van der Waals surface area contributed by atoms with Crippen LogP contribution >= 0.6 is 7.14 Å². The van der Waals surface area contributed by atoms with Crippen molar-refractivity contribution in [1.29, 1.82) is 0 Å². The lowest BCUT2D eigenvalue weighted by molar-refractivity contribution is -0.136. The van der Waals surface area contributed by atoms with Crippen molar-refractivity contribution in [3.63, 3.8) is 0 Å². The molecule has 0 aliphatic heterocycles. The summed E-state index contributed by atoms with van der Waals surface area (Å²) < 4.78 is 13.6. The van der Waals surface area contributed by atoms with E-state index in [0.717, 1.165) is 0 Å². The standard InChI is InChI=1S/C16H17O3P/c1-2-15(16(17)18)20(19,13-9-5-3-6-10-13)14-11-7-4-8-12-14/h3-12,15H,2H2,1H3,(H,17,18)/t15-/m0/s1. The highest BCUT2D eigenvalue weighted by atomic mass is 31.2. The highest BCUT2D eigenvalue weighted by Crippen LogP contribution is 2.49. The van der Waals surface area contributed by atoms with Crippen LogP contribution in [0.25, 0.3) is 0 Å². The van der Waals surface area contributed by atoms with Crippen molar-refractivity contribution >= 4 is 23.7 Å². The van der Waals surface area contributed by atoms with Crippen molar-refractivity contribution in [2.24, 2.45) is 0 Å². The predicted molar refractivity (Wildman–Crippen MR) is 81.5 cm³/mol. The van der Waals surface area contributed by atoms with Gasteiger partial charge in [0.25, 0.3) is 0 Å². The Morgan fingerprint density at radius 1 is 1.00 bits per heavy atom. The summed E-state index contributed by atoms with van der Waals surface area (Å²) in [6, 6.07) is 17.8. The van der Waals surface area contributed by atoms with Crippen LogP contribution in [-0.2, 0) is 9.36 Å². The van der Waals surface area contributed by atoms with Gasteiger partial charge in [0.05, 0.1) is 0 Å². The Kier molecular flexibility index (Phi) is 4.41. The molecular formula is C16H17O3P. The van der Waals surface area contributed by atoms with E-state index >= 15 is 0 Å². The highest BCUT2D eigenvalue weighted by Gasteiger charge is 2.40. The second-order valence-corrected chi connectivity index (χ2v) is 7.56. The molecule has 2 aromatic carbocycles. The van der Waals surface area contributed by atoms with Gasteiger partial charge in [0.2, 0.25) is 0 Å². The Balaban J connectivity index is 2.67. The summed E-state index contributed by atoms with van der Waals surface area (Å²) in [7, 11) is -3.19. The first-order valence-electron chi connectivity index (χ1n) is 6.54. The second-order valence-electron chi connectivity index (χ2n) is 4.59. The molecule has 2 rings (SSSR count). The van der Waals surface area contributed by atoms with Gasteiger partial charge in [-0.05, 0) is 6.42 Å². The van der Waals surface area contributed by atoms with Crippen LogP contribution in [-0.4, -0.2) is 16.7 Å². The summed E-state index contributed by atoms with van der Waals surface area (Å²) in [6.45, 7) is 1.76. The van der Waals surface area contributed by atoms with E-state index in [4.69, 9.17) is 0 Å². The van der Waals surface area contributed by atoms with Gasteiger partial charge in [-0.25, -0.2) is 0 Å². The van der Waals surface area contributed by atoms with Crippen LogP contribution in [0.15, 0.2) is 60.7 Å². The molecule has 0 aromatic heterocycles. The highest BCUT2D eigenvalue weighted by molar-refractivity contribution is 7.80. The van der Waals surface area contributed by atoms with E-state index in [0.29, 0.717) is 17.0 Å². The first-order chi connectivity index (χ1) is 9.60. The van der Waals surface area contributed by atoms with Crippen LogP contribution in [0.2, 0.25) is 0 Å². The van der Waals surface area contributed by atoms with E-state index in [9.17, 15) is 14.5 Å². The average Bonchev–Trinajstić information content (AvgIpc) is 2.49. The molecule has 0 bridgehead atoms. The van der Waals surface area contributed by atoms with Gasteiger partial charge >= 0.3 is 5.97 Å². The van der Waals surface area contributed by atoms with Crippen molar-refractivity contribution in [3.05, 3.63) is 60.7 Å². The van der Waals surface area contributed by atoms with E-state index in [1.807, 2.05) is 12.1 Å². The molecule has 20 heavy (non-hydrogen) atoms. The van der Waals surface area contributed by atoms with Gasteiger partial charge in [-0.1, -0.05) is 67.6 Å². The molecule has 0 aliphatic rings. The molecule has 0 amide bonds. The molecule has 0 saturated carbocycles. The quantitative estimate of drug-likeness (QED) is 0.861. The number of rotatable bonds is 5. The Morgan fingerprint density at radius 3 is 1.70 bits per heavy atom. The number of carboxylic acid groups (broad SMARTS) is 1. The summed E-state index contributed by atoms with van der Waals surface area (Å²) >= 11 is 0. The van der Waals surface area contributed by atoms with Crippen LogP contribution in [0.3, 0.4) is 0 Å². The maximum atomic E-state index is 13.6. The molecule has 0 heterocycles. The van der Waals surface area contributed by atoms with E-state index in [2.05, 4.69) is 0 Å². The molecular weight excluding hydrogens is 271 g/mol. The smallest absolute Gasteiger partial charge is 0.314 e. The summed E-state index contributed by atoms with van der Waals surface area (Å²) in [4.78, 5) is 11.6. The maximum Gasteiger partial charge on any atom is 0.314 e.